The average molecular weight is 410 g/mol. The summed E-state index contributed by atoms with van der Waals surface area (Å²) in [7, 11) is -1.58. The van der Waals surface area contributed by atoms with Gasteiger partial charge < -0.3 is 14.4 Å². The minimum atomic E-state index is -3.12. The minimum absolute atomic E-state index is 0.0370. The van der Waals surface area contributed by atoms with E-state index in [0.29, 0.717) is 24.2 Å². The summed E-state index contributed by atoms with van der Waals surface area (Å²) in [6.45, 7) is 3.37. The van der Waals surface area contributed by atoms with Crippen molar-refractivity contribution in [2.45, 2.75) is 38.8 Å². The van der Waals surface area contributed by atoms with Crippen molar-refractivity contribution in [3.05, 3.63) is 35.9 Å². The van der Waals surface area contributed by atoms with Gasteiger partial charge in [0.05, 0.1) is 18.6 Å². The number of para-hydroxylation sites is 1. The molecule has 0 spiro atoms. The number of sulfone groups is 1. The largest absolute Gasteiger partial charge is 0.496 e. The molecule has 28 heavy (non-hydrogen) atoms. The first-order chi connectivity index (χ1) is 13.3. The van der Waals surface area contributed by atoms with E-state index >= 15 is 0 Å². The zero-order chi connectivity index (χ0) is 20.7. The maximum absolute atomic E-state index is 12.6. The molecule has 2 rings (SSSR count). The van der Waals surface area contributed by atoms with Crippen molar-refractivity contribution in [2.24, 2.45) is 0 Å². The molecule has 0 bridgehead atoms. The van der Waals surface area contributed by atoms with Gasteiger partial charge in [0.1, 0.15) is 5.75 Å². The van der Waals surface area contributed by atoms with Gasteiger partial charge in [-0.25, -0.2) is 13.2 Å². The first-order valence-corrected chi connectivity index (χ1v) is 11.1. The molecule has 0 radical (unpaired) electrons. The number of nitrogens with zero attached hydrogens (tertiary/aromatic N) is 1. The molecule has 0 saturated carbocycles. The Labute approximate surface area is 166 Å². The van der Waals surface area contributed by atoms with E-state index in [-0.39, 0.29) is 29.5 Å². The highest BCUT2D eigenvalue weighted by Gasteiger charge is 2.36. The minimum Gasteiger partial charge on any atom is -0.496 e. The van der Waals surface area contributed by atoms with Crippen LogP contribution >= 0.6 is 0 Å². The molecule has 1 fully saturated rings. The summed E-state index contributed by atoms with van der Waals surface area (Å²) in [6, 6.07) is 6.70. The lowest BCUT2D eigenvalue weighted by Crippen LogP contribution is -2.48. The number of methoxy groups -OCH3 is 1. The summed E-state index contributed by atoms with van der Waals surface area (Å²) in [5, 5.41) is 0. The van der Waals surface area contributed by atoms with E-state index in [1.165, 1.54) is 13.2 Å². The van der Waals surface area contributed by atoms with E-state index in [9.17, 15) is 18.0 Å². The van der Waals surface area contributed by atoms with Crippen LogP contribution in [0.2, 0.25) is 0 Å². The average Bonchev–Trinajstić information content (AvgIpc) is 3.03. The van der Waals surface area contributed by atoms with Gasteiger partial charge in [0.25, 0.3) is 5.91 Å². The standard InChI is InChI=1S/C20H27NO6S/c1-4-15(2)21(17-11-12-28(24,25)14-17)19(22)13-27-20(23)10-9-16-7-5-6-8-18(16)26-3/h5-10,15,17H,4,11-14H2,1-3H3/b10-9+/t15-,17+/m1/s1. The van der Waals surface area contributed by atoms with Crippen molar-refractivity contribution in [3.63, 3.8) is 0 Å². The van der Waals surface area contributed by atoms with Crippen LogP contribution in [-0.4, -0.2) is 62.5 Å². The highest BCUT2D eigenvalue weighted by Crippen LogP contribution is 2.22. The molecule has 0 aromatic heterocycles. The van der Waals surface area contributed by atoms with Crippen LogP contribution in [0.25, 0.3) is 6.08 Å². The van der Waals surface area contributed by atoms with Gasteiger partial charge in [-0.05, 0) is 31.9 Å². The second-order valence-electron chi connectivity index (χ2n) is 6.80. The molecular weight excluding hydrogens is 382 g/mol. The van der Waals surface area contributed by atoms with Gasteiger partial charge >= 0.3 is 5.97 Å². The van der Waals surface area contributed by atoms with Crippen molar-refractivity contribution in [1.82, 2.24) is 4.90 Å². The number of esters is 1. The van der Waals surface area contributed by atoms with Crippen LogP contribution in [0.4, 0.5) is 0 Å². The fourth-order valence-corrected chi connectivity index (χ4v) is 4.93. The van der Waals surface area contributed by atoms with Gasteiger partial charge in [-0.15, -0.1) is 0 Å². The Hall–Kier alpha value is -2.35. The maximum Gasteiger partial charge on any atom is 0.331 e. The number of hydrogen-bond acceptors (Lipinski definition) is 6. The zero-order valence-corrected chi connectivity index (χ0v) is 17.3. The predicted octanol–water partition coefficient (Wildman–Crippen LogP) is 2.07. The van der Waals surface area contributed by atoms with Crippen LogP contribution in [0.3, 0.4) is 0 Å². The molecule has 2 atom stereocenters. The molecule has 154 valence electrons. The summed E-state index contributed by atoms with van der Waals surface area (Å²) >= 11 is 0. The van der Waals surface area contributed by atoms with E-state index in [1.54, 1.807) is 23.1 Å². The predicted molar refractivity (Wildman–Crippen MR) is 107 cm³/mol. The van der Waals surface area contributed by atoms with Crippen LogP contribution in [0.5, 0.6) is 5.75 Å². The molecule has 1 aliphatic heterocycles. The van der Waals surface area contributed by atoms with Crippen molar-refractivity contribution in [2.75, 3.05) is 25.2 Å². The number of carbonyl (C=O) groups is 2. The number of rotatable bonds is 8. The van der Waals surface area contributed by atoms with Gasteiger partial charge in [-0.1, -0.05) is 25.1 Å². The lowest BCUT2D eigenvalue weighted by Gasteiger charge is -2.33. The SMILES string of the molecule is CC[C@@H](C)N(C(=O)COC(=O)/C=C/c1ccccc1OC)[C@H]1CCS(=O)(=O)C1. The summed E-state index contributed by atoms with van der Waals surface area (Å²) in [4.78, 5) is 26.2. The van der Waals surface area contributed by atoms with Crippen LogP contribution < -0.4 is 4.74 Å². The molecule has 1 aromatic rings. The summed E-state index contributed by atoms with van der Waals surface area (Å²) < 4.78 is 33.8. The Kier molecular flexibility index (Phi) is 7.62. The van der Waals surface area contributed by atoms with Crippen LogP contribution in [-0.2, 0) is 24.2 Å². The number of ether oxygens (including phenoxy) is 2. The lowest BCUT2D eigenvalue weighted by atomic mass is 10.1. The summed E-state index contributed by atoms with van der Waals surface area (Å²) in [5.74, 6) is -0.366. The second kappa shape index (κ2) is 9.73. The maximum atomic E-state index is 12.6. The molecule has 0 unspecified atom stereocenters. The molecule has 7 nitrogen and oxygen atoms in total. The molecule has 0 N–H and O–H groups in total. The first-order valence-electron chi connectivity index (χ1n) is 9.26. The highest BCUT2D eigenvalue weighted by molar-refractivity contribution is 7.91. The second-order valence-corrected chi connectivity index (χ2v) is 9.03. The van der Waals surface area contributed by atoms with Gasteiger partial charge in [0, 0.05) is 23.7 Å². The number of carbonyl (C=O) groups excluding carboxylic acids is 2. The zero-order valence-electron chi connectivity index (χ0n) is 16.5. The third kappa shape index (κ3) is 5.82. The quantitative estimate of drug-likeness (QED) is 0.482. The van der Waals surface area contributed by atoms with E-state index in [4.69, 9.17) is 9.47 Å². The summed E-state index contributed by atoms with van der Waals surface area (Å²) in [6.07, 6.45) is 3.89. The first kappa shape index (κ1) is 21.9. The third-order valence-electron chi connectivity index (χ3n) is 4.83. The van der Waals surface area contributed by atoms with E-state index in [2.05, 4.69) is 0 Å². The molecule has 1 heterocycles. The topological polar surface area (TPSA) is 90.0 Å². The lowest BCUT2D eigenvalue weighted by molar-refractivity contribution is -0.150. The fraction of sp³-hybridized carbons (Fsp3) is 0.500. The van der Waals surface area contributed by atoms with Crippen LogP contribution in [0.1, 0.15) is 32.3 Å². The number of benzene rings is 1. The van der Waals surface area contributed by atoms with Crippen LogP contribution in [0, 0.1) is 0 Å². The van der Waals surface area contributed by atoms with Crippen molar-refractivity contribution in [3.8, 4) is 5.75 Å². The van der Waals surface area contributed by atoms with Crippen LogP contribution in [0.15, 0.2) is 30.3 Å². The van der Waals surface area contributed by atoms with Crippen molar-refractivity contribution >= 4 is 27.8 Å². The molecule has 1 aromatic carbocycles. The summed E-state index contributed by atoms with van der Waals surface area (Å²) in [5.41, 5.74) is 0.714. The van der Waals surface area contributed by atoms with E-state index in [1.807, 2.05) is 26.0 Å². The number of hydrogen-bond donors (Lipinski definition) is 0. The number of amides is 1. The third-order valence-corrected chi connectivity index (χ3v) is 6.58. The smallest absolute Gasteiger partial charge is 0.331 e. The van der Waals surface area contributed by atoms with Gasteiger partial charge in [-0.3, -0.25) is 4.79 Å². The Bertz CT molecular complexity index is 833. The van der Waals surface area contributed by atoms with Crippen molar-refractivity contribution in [1.29, 1.82) is 0 Å². The molecular formula is C20H27NO6S. The Morgan fingerprint density at radius 3 is 2.64 bits per heavy atom. The Morgan fingerprint density at radius 2 is 2.04 bits per heavy atom. The monoisotopic (exact) mass is 409 g/mol. The molecule has 8 heteroatoms. The molecule has 0 aliphatic carbocycles. The molecule has 1 amide bonds. The Balaban J connectivity index is 1.98. The highest BCUT2D eigenvalue weighted by atomic mass is 32.2. The van der Waals surface area contributed by atoms with Crippen molar-refractivity contribution < 1.29 is 27.5 Å². The fourth-order valence-electron chi connectivity index (χ4n) is 3.22. The molecule has 1 saturated heterocycles. The molecule has 1 aliphatic rings. The van der Waals surface area contributed by atoms with E-state index in [0.717, 1.165) is 0 Å². The van der Waals surface area contributed by atoms with Gasteiger partial charge in [-0.2, -0.15) is 0 Å². The van der Waals surface area contributed by atoms with Gasteiger partial charge in [0.2, 0.25) is 0 Å². The normalized spacial score (nSPS) is 19.3. The van der Waals surface area contributed by atoms with Gasteiger partial charge in [0.15, 0.2) is 16.4 Å². The Morgan fingerprint density at radius 1 is 1.32 bits per heavy atom. The van der Waals surface area contributed by atoms with E-state index < -0.39 is 22.4 Å².